The Morgan fingerprint density at radius 2 is 2.15 bits per heavy atom. The zero-order chi connectivity index (χ0) is 15.2. The van der Waals surface area contributed by atoms with Crippen LogP contribution in [0.4, 0.5) is 4.79 Å². The van der Waals surface area contributed by atoms with Crippen LogP contribution < -0.4 is 5.32 Å². The van der Waals surface area contributed by atoms with Crippen molar-refractivity contribution in [1.82, 2.24) is 5.32 Å². The largest absolute Gasteiger partial charge is 0.444 e. The highest BCUT2D eigenvalue weighted by Crippen LogP contribution is 2.20. The number of benzene rings is 1. The second kappa shape index (κ2) is 6.95. The SMILES string of the molecule is Cc1cccc(C(CCC#N)NC(=O)OC(C)(C)C)c1. The van der Waals surface area contributed by atoms with Gasteiger partial charge in [0.25, 0.3) is 0 Å². The number of carbonyl (C=O) groups is 1. The fourth-order valence-corrected chi connectivity index (χ4v) is 1.87. The molecule has 0 radical (unpaired) electrons. The number of rotatable bonds is 4. The Morgan fingerprint density at radius 1 is 1.45 bits per heavy atom. The monoisotopic (exact) mass is 274 g/mol. The molecule has 0 saturated heterocycles. The lowest BCUT2D eigenvalue weighted by Gasteiger charge is -2.23. The highest BCUT2D eigenvalue weighted by molar-refractivity contribution is 5.68. The molecule has 1 unspecified atom stereocenters. The number of aryl methyl sites for hydroxylation is 1. The Labute approximate surface area is 120 Å². The highest BCUT2D eigenvalue weighted by Gasteiger charge is 2.20. The van der Waals surface area contributed by atoms with Crippen LogP contribution in [0, 0.1) is 18.3 Å². The summed E-state index contributed by atoms with van der Waals surface area (Å²) in [5.41, 5.74) is 1.58. The van der Waals surface area contributed by atoms with Crippen molar-refractivity contribution >= 4 is 6.09 Å². The maximum absolute atomic E-state index is 11.9. The topological polar surface area (TPSA) is 62.1 Å². The summed E-state index contributed by atoms with van der Waals surface area (Å²) >= 11 is 0. The average Bonchev–Trinajstić information content (AvgIpc) is 2.32. The molecule has 1 rings (SSSR count). The van der Waals surface area contributed by atoms with Crippen molar-refractivity contribution in [3.05, 3.63) is 35.4 Å². The lowest BCUT2D eigenvalue weighted by Crippen LogP contribution is -2.35. The van der Waals surface area contributed by atoms with Crippen molar-refractivity contribution in [2.75, 3.05) is 0 Å². The molecule has 108 valence electrons. The van der Waals surface area contributed by atoms with E-state index in [1.54, 1.807) is 0 Å². The Morgan fingerprint density at radius 3 is 2.70 bits per heavy atom. The second-order valence-corrected chi connectivity index (χ2v) is 5.81. The minimum absolute atomic E-state index is 0.204. The normalized spacial score (nSPS) is 12.3. The van der Waals surface area contributed by atoms with Crippen LogP contribution in [0.2, 0.25) is 0 Å². The molecular weight excluding hydrogens is 252 g/mol. The van der Waals surface area contributed by atoms with Gasteiger partial charge in [0.05, 0.1) is 12.1 Å². The number of ether oxygens (including phenoxy) is 1. The molecule has 1 atom stereocenters. The summed E-state index contributed by atoms with van der Waals surface area (Å²) in [5, 5.41) is 11.6. The van der Waals surface area contributed by atoms with E-state index in [-0.39, 0.29) is 6.04 Å². The Bertz CT molecular complexity index is 498. The molecule has 0 spiro atoms. The Kier molecular flexibility index (Phi) is 5.57. The van der Waals surface area contributed by atoms with Gasteiger partial charge in [-0.15, -0.1) is 0 Å². The zero-order valence-electron chi connectivity index (χ0n) is 12.6. The lowest BCUT2D eigenvalue weighted by molar-refractivity contribution is 0.0501. The second-order valence-electron chi connectivity index (χ2n) is 5.81. The molecule has 0 fully saturated rings. The van der Waals surface area contributed by atoms with E-state index in [2.05, 4.69) is 11.4 Å². The molecule has 1 aromatic rings. The molecular formula is C16H22N2O2. The molecule has 0 aliphatic carbocycles. The fraction of sp³-hybridized carbons (Fsp3) is 0.500. The third-order valence-electron chi connectivity index (χ3n) is 2.68. The molecule has 20 heavy (non-hydrogen) atoms. The van der Waals surface area contributed by atoms with Crippen LogP contribution in [-0.4, -0.2) is 11.7 Å². The molecule has 0 bridgehead atoms. The molecule has 4 heteroatoms. The van der Waals surface area contributed by atoms with Crippen molar-refractivity contribution in [2.45, 2.75) is 52.2 Å². The van der Waals surface area contributed by atoms with E-state index >= 15 is 0 Å². The molecule has 0 heterocycles. The first-order valence-corrected chi connectivity index (χ1v) is 6.75. The van der Waals surface area contributed by atoms with Crippen molar-refractivity contribution in [3.8, 4) is 6.07 Å². The summed E-state index contributed by atoms with van der Waals surface area (Å²) in [6.07, 6.45) is 0.495. The van der Waals surface area contributed by atoms with Crippen LogP contribution in [-0.2, 0) is 4.74 Å². The Balaban J connectivity index is 2.80. The maximum Gasteiger partial charge on any atom is 0.408 e. The molecule has 0 aliphatic heterocycles. The van der Waals surface area contributed by atoms with E-state index in [4.69, 9.17) is 10.00 Å². The quantitative estimate of drug-likeness (QED) is 0.906. The first-order valence-electron chi connectivity index (χ1n) is 6.75. The summed E-state index contributed by atoms with van der Waals surface area (Å²) in [4.78, 5) is 11.9. The van der Waals surface area contributed by atoms with Crippen molar-refractivity contribution < 1.29 is 9.53 Å². The molecule has 1 aromatic carbocycles. The van der Waals surface area contributed by atoms with E-state index in [9.17, 15) is 4.79 Å². The number of hydrogen-bond donors (Lipinski definition) is 1. The highest BCUT2D eigenvalue weighted by atomic mass is 16.6. The van der Waals surface area contributed by atoms with Crippen LogP contribution in [0.3, 0.4) is 0 Å². The van der Waals surface area contributed by atoms with E-state index in [1.807, 2.05) is 52.0 Å². The molecule has 0 aliphatic rings. The average molecular weight is 274 g/mol. The first kappa shape index (κ1) is 16.0. The summed E-state index contributed by atoms with van der Waals surface area (Å²) in [6, 6.07) is 9.82. The predicted octanol–water partition coefficient (Wildman–Crippen LogP) is 3.86. The van der Waals surface area contributed by atoms with Gasteiger partial charge in [-0.2, -0.15) is 5.26 Å². The summed E-state index contributed by atoms with van der Waals surface area (Å²) in [6.45, 7) is 7.47. The number of hydrogen-bond acceptors (Lipinski definition) is 3. The van der Waals surface area contributed by atoms with Gasteiger partial charge in [-0.25, -0.2) is 4.79 Å². The van der Waals surface area contributed by atoms with Gasteiger partial charge in [0.1, 0.15) is 5.60 Å². The number of nitriles is 1. The Hall–Kier alpha value is -2.02. The standard InChI is InChI=1S/C16H22N2O2/c1-12-7-5-8-13(11-12)14(9-6-10-17)18-15(19)20-16(2,3)4/h5,7-8,11,14H,6,9H2,1-4H3,(H,18,19). The maximum atomic E-state index is 11.9. The van der Waals surface area contributed by atoms with E-state index in [0.717, 1.165) is 11.1 Å². The van der Waals surface area contributed by atoms with E-state index < -0.39 is 11.7 Å². The van der Waals surface area contributed by atoms with Crippen LogP contribution in [0.25, 0.3) is 0 Å². The van der Waals surface area contributed by atoms with Crippen LogP contribution in [0.5, 0.6) is 0 Å². The summed E-state index contributed by atoms with van der Waals surface area (Å²) in [7, 11) is 0. The lowest BCUT2D eigenvalue weighted by atomic mass is 10.0. The fourth-order valence-electron chi connectivity index (χ4n) is 1.87. The van der Waals surface area contributed by atoms with Crippen LogP contribution >= 0.6 is 0 Å². The molecule has 0 saturated carbocycles. The smallest absolute Gasteiger partial charge is 0.408 e. The number of nitrogens with one attached hydrogen (secondary N) is 1. The minimum Gasteiger partial charge on any atom is -0.444 e. The summed E-state index contributed by atoms with van der Waals surface area (Å²) in [5.74, 6) is 0. The van der Waals surface area contributed by atoms with E-state index in [1.165, 1.54) is 0 Å². The molecule has 1 N–H and O–H groups in total. The van der Waals surface area contributed by atoms with Crippen LogP contribution in [0.15, 0.2) is 24.3 Å². The van der Waals surface area contributed by atoms with Gasteiger partial charge >= 0.3 is 6.09 Å². The van der Waals surface area contributed by atoms with Gasteiger partial charge in [-0.3, -0.25) is 0 Å². The van der Waals surface area contributed by atoms with Crippen LogP contribution in [0.1, 0.15) is 50.8 Å². The van der Waals surface area contributed by atoms with Crippen molar-refractivity contribution in [3.63, 3.8) is 0 Å². The van der Waals surface area contributed by atoms with Crippen molar-refractivity contribution in [2.24, 2.45) is 0 Å². The number of alkyl carbamates (subject to hydrolysis) is 1. The predicted molar refractivity (Wildman–Crippen MR) is 78.1 cm³/mol. The van der Waals surface area contributed by atoms with Gasteiger partial charge in [-0.05, 0) is 39.7 Å². The first-order chi connectivity index (χ1) is 9.31. The van der Waals surface area contributed by atoms with Gasteiger partial charge in [0.2, 0.25) is 0 Å². The number of nitrogens with zero attached hydrogens (tertiary/aromatic N) is 1. The van der Waals surface area contributed by atoms with E-state index in [0.29, 0.717) is 12.8 Å². The van der Waals surface area contributed by atoms with Gasteiger partial charge in [-0.1, -0.05) is 29.8 Å². The van der Waals surface area contributed by atoms with Gasteiger partial charge in [0.15, 0.2) is 0 Å². The van der Waals surface area contributed by atoms with Gasteiger partial charge in [0, 0.05) is 6.42 Å². The summed E-state index contributed by atoms with van der Waals surface area (Å²) < 4.78 is 5.27. The molecule has 4 nitrogen and oxygen atoms in total. The van der Waals surface area contributed by atoms with Crippen molar-refractivity contribution in [1.29, 1.82) is 5.26 Å². The third kappa shape index (κ3) is 5.75. The van der Waals surface area contributed by atoms with Gasteiger partial charge < -0.3 is 10.1 Å². The molecule has 0 aromatic heterocycles. The minimum atomic E-state index is -0.531. The zero-order valence-corrected chi connectivity index (χ0v) is 12.6. The molecule has 1 amide bonds. The number of amides is 1. The third-order valence-corrected chi connectivity index (χ3v) is 2.68. The number of carbonyl (C=O) groups excluding carboxylic acids is 1.